The molecule has 0 radical (unpaired) electrons. The molecule has 1 aromatic carbocycles. The molecule has 90 valence electrons. The number of aliphatic hydroxyl groups excluding tert-OH is 1. The van der Waals surface area contributed by atoms with Gasteiger partial charge >= 0.3 is 0 Å². The lowest BCUT2D eigenvalue weighted by atomic mass is 10.2. The van der Waals surface area contributed by atoms with Crippen molar-refractivity contribution in [3.8, 4) is 5.69 Å². The molecule has 0 aliphatic rings. The maximum atomic E-state index is 9.18. The number of pyridine rings is 1. The Balaban J connectivity index is 2.19. The molecule has 0 aliphatic carbocycles. The largest absolute Gasteiger partial charge is 0.392 e. The van der Waals surface area contributed by atoms with Gasteiger partial charge in [-0.2, -0.15) is 0 Å². The third-order valence-corrected chi connectivity index (χ3v) is 3.03. The summed E-state index contributed by atoms with van der Waals surface area (Å²) < 4.78 is 2.04. The molecule has 18 heavy (non-hydrogen) atoms. The van der Waals surface area contributed by atoms with Crippen molar-refractivity contribution in [2.24, 2.45) is 0 Å². The van der Waals surface area contributed by atoms with Crippen LogP contribution in [0.2, 0.25) is 0 Å². The van der Waals surface area contributed by atoms with Gasteiger partial charge in [-0.15, -0.1) is 0 Å². The number of rotatable bonds is 2. The Morgan fingerprint density at radius 1 is 1.22 bits per heavy atom. The highest BCUT2D eigenvalue weighted by atomic mass is 16.3. The lowest BCUT2D eigenvalue weighted by Crippen LogP contribution is -1.95. The van der Waals surface area contributed by atoms with Crippen LogP contribution >= 0.6 is 0 Å². The van der Waals surface area contributed by atoms with Crippen LogP contribution < -0.4 is 0 Å². The molecular weight excluding hydrogens is 224 g/mol. The number of nitrogens with zero attached hydrogens (tertiary/aromatic N) is 2. The van der Waals surface area contributed by atoms with E-state index in [1.165, 1.54) is 0 Å². The van der Waals surface area contributed by atoms with Gasteiger partial charge < -0.3 is 9.67 Å². The average Bonchev–Trinajstić information content (AvgIpc) is 2.81. The van der Waals surface area contributed by atoms with Crippen LogP contribution in [0.5, 0.6) is 0 Å². The summed E-state index contributed by atoms with van der Waals surface area (Å²) in [6.07, 6.45) is 3.88. The molecule has 0 fully saturated rings. The zero-order chi connectivity index (χ0) is 12.5. The minimum absolute atomic E-state index is 0.0551. The highest BCUT2D eigenvalue weighted by molar-refractivity contribution is 5.78. The van der Waals surface area contributed by atoms with Crippen LogP contribution in [0.25, 0.3) is 16.7 Å². The highest BCUT2D eigenvalue weighted by Gasteiger charge is 2.05. The molecule has 0 bridgehead atoms. The third-order valence-electron chi connectivity index (χ3n) is 3.03. The second-order valence-electron chi connectivity index (χ2n) is 4.44. The normalized spacial score (nSPS) is 11.0. The van der Waals surface area contributed by atoms with E-state index in [0.29, 0.717) is 0 Å². The Hall–Kier alpha value is -2.13. The van der Waals surface area contributed by atoms with Crippen molar-refractivity contribution >= 4 is 11.0 Å². The van der Waals surface area contributed by atoms with Crippen molar-refractivity contribution in [2.75, 3.05) is 0 Å². The Labute approximate surface area is 105 Å². The first-order valence-corrected chi connectivity index (χ1v) is 5.92. The van der Waals surface area contributed by atoms with E-state index in [1.54, 1.807) is 0 Å². The molecule has 3 aromatic rings. The fraction of sp³-hybridized carbons (Fsp3) is 0.133. The smallest absolute Gasteiger partial charge is 0.144 e. The fourth-order valence-electron chi connectivity index (χ4n) is 2.15. The molecule has 3 rings (SSSR count). The van der Waals surface area contributed by atoms with Gasteiger partial charge in [0.1, 0.15) is 5.65 Å². The van der Waals surface area contributed by atoms with Crippen molar-refractivity contribution in [2.45, 2.75) is 13.5 Å². The van der Waals surface area contributed by atoms with Crippen molar-refractivity contribution in [1.82, 2.24) is 9.55 Å². The molecule has 1 N–H and O–H groups in total. The van der Waals surface area contributed by atoms with E-state index in [4.69, 9.17) is 0 Å². The third kappa shape index (κ3) is 1.79. The van der Waals surface area contributed by atoms with Crippen LogP contribution in [0, 0.1) is 6.92 Å². The summed E-state index contributed by atoms with van der Waals surface area (Å²) in [5.74, 6) is 0. The van der Waals surface area contributed by atoms with Gasteiger partial charge in [0.2, 0.25) is 0 Å². The van der Waals surface area contributed by atoms with Crippen molar-refractivity contribution in [3.05, 3.63) is 59.9 Å². The molecule has 0 unspecified atom stereocenters. The van der Waals surface area contributed by atoms with Crippen molar-refractivity contribution in [3.63, 3.8) is 0 Å². The summed E-state index contributed by atoms with van der Waals surface area (Å²) in [4.78, 5) is 4.47. The molecule has 0 saturated heterocycles. The Morgan fingerprint density at radius 2 is 2.11 bits per heavy atom. The Morgan fingerprint density at radius 3 is 2.94 bits per heavy atom. The van der Waals surface area contributed by atoms with Gasteiger partial charge in [-0.1, -0.05) is 12.1 Å². The Kier molecular flexibility index (Phi) is 2.61. The number of hydrogen-bond donors (Lipinski definition) is 1. The van der Waals surface area contributed by atoms with E-state index < -0.39 is 0 Å². The second kappa shape index (κ2) is 4.27. The molecule has 0 spiro atoms. The number of aromatic nitrogens is 2. The molecular formula is C15H14N2O. The van der Waals surface area contributed by atoms with Gasteiger partial charge in [-0.3, -0.25) is 0 Å². The number of aryl methyl sites for hydroxylation is 1. The first-order valence-electron chi connectivity index (χ1n) is 5.92. The number of aliphatic hydroxyl groups is 1. The molecule has 0 saturated carbocycles. The van der Waals surface area contributed by atoms with Crippen molar-refractivity contribution < 1.29 is 5.11 Å². The average molecular weight is 238 g/mol. The molecule has 3 heteroatoms. The Bertz CT molecular complexity index is 701. The van der Waals surface area contributed by atoms with Crippen LogP contribution in [0.15, 0.2) is 48.8 Å². The first kappa shape index (κ1) is 11.0. The van der Waals surface area contributed by atoms with Crippen LogP contribution in [-0.2, 0) is 6.61 Å². The molecule has 0 amide bonds. The minimum Gasteiger partial charge on any atom is -0.392 e. The van der Waals surface area contributed by atoms with Gasteiger partial charge in [0.25, 0.3) is 0 Å². The maximum Gasteiger partial charge on any atom is 0.144 e. The predicted octanol–water partition coefficient (Wildman–Crippen LogP) is 2.83. The monoisotopic (exact) mass is 238 g/mol. The van der Waals surface area contributed by atoms with E-state index >= 15 is 0 Å². The lowest BCUT2D eigenvalue weighted by molar-refractivity contribution is 0.282. The van der Waals surface area contributed by atoms with Gasteiger partial charge in [-0.25, -0.2) is 4.98 Å². The summed E-state index contributed by atoms with van der Waals surface area (Å²) in [6.45, 7) is 2.09. The number of hydrogen-bond acceptors (Lipinski definition) is 2. The summed E-state index contributed by atoms with van der Waals surface area (Å²) in [6, 6.07) is 12.0. The highest BCUT2D eigenvalue weighted by Crippen LogP contribution is 2.20. The van der Waals surface area contributed by atoms with Crippen LogP contribution in [0.3, 0.4) is 0 Å². The van der Waals surface area contributed by atoms with E-state index in [1.807, 2.05) is 48.1 Å². The SMILES string of the molecule is Cc1cnc2c(ccn2-c2cccc(CO)c2)c1. The maximum absolute atomic E-state index is 9.18. The quantitative estimate of drug-likeness (QED) is 0.745. The van der Waals surface area contributed by atoms with E-state index in [2.05, 4.69) is 17.1 Å². The predicted molar refractivity (Wildman–Crippen MR) is 71.7 cm³/mol. The second-order valence-corrected chi connectivity index (χ2v) is 4.44. The topological polar surface area (TPSA) is 38.0 Å². The number of benzene rings is 1. The molecule has 0 atom stereocenters. The van der Waals surface area contributed by atoms with Gasteiger partial charge in [0, 0.05) is 23.5 Å². The zero-order valence-corrected chi connectivity index (χ0v) is 10.2. The fourth-order valence-corrected chi connectivity index (χ4v) is 2.15. The number of fused-ring (bicyclic) bond motifs is 1. The van der Waals surface area contributed by atoms with Gasteiger partial charge in [0.05, 0.1) is 6.61 Å². The summed E-state index contributed by atoms with van der Waals surface area (Å²) >= 11 is 0. The molecule has 0 aliphatic heterocycles. The molecule has 3 nitrogen and oxygen atoms in total. The van der Waals surface area contributed by atoms with Crippen LogP contribution in [0.4, 0.5) is 0 Å². The summed E-state index contributed by atoms with van der Waals surface area (Å²) in [5.41, 5.74) is 4.02. The lowest BCUT2D eigenvalue weighted by Gasteiger charge is -2.06. The van der Waals surface area contributed by atoms with Gasteiger partial charge in [-0.05, 0) is 42.3 Å². The first-order chi connectivity index (χ1) is 8.78. The molecule has 2 heterocycles. The summed E-state index contributed by atoms with van der Waals surface area (Å²) in [5, 5.41) is 10.3. The van der Waals surface area contributed by atoms with Crippen LogP contribution in [0.1, 0.15) is 11.1 Å². The summed E-state index contributed by atoms with van der Waals surface area (Å²) in [7, 11) is 0. The standard InChI is InChI=1S/C15H14N2O/c1-11-7-13-5-6-17(15(13)16-9-11)14-4-2-3-12(8-14)10-18/h2-9,18H,10H2,1H3. The molecule has 2 aromatic heterocycles. The zero-order valence-electron chi connectivity index (χ0n) is 10.2. The van der Waals surface area contributed by atoms with E-state index in [-0.39, 0.29) is 6.61 Å². The van der Waals surface area contributed by atoms with Gasteiger partial charge in [0.15, 0.2) is 0 Å². The van der Waals surface area contributed by atoms with Crippen molar-refractivity contribution in [1.29, 1.82) is 0 Å². The van der Waals surface area contributed by atoms with Crippen LogP contribution in [-0.4, -0.2) is 14.7 Å². The minimum atomic E-state index is 0.0551. The van der Waals surface area contributed by atoms with E-state index in [0.717, 1.165) is 27.8 Å². The van der Waals surface area contributed by atoms with E-state index in [9.17, 15) is 5.11 Å².